The number of carbonyl (C=O) groups excluding carboxylic acids is 5. The molecule has 3 aliphatic heterocycles. The lowest BCUT2D eigenvalue weighted by molar-refractivity contribution is -0.325. The van der Waals surface area contributed by atoms with Crippen LogP contribution in [-0.2, 0) is 32.7 Å². The summed E-state index contributed by atoms with van der Waals surface area (Å²) in [4.78, 5) is 83.0. The first-order valence-electron chi connectivity index (χ1n) is 22.4. The van der Waals surface area contributed by atoms with Gasteiger partial charge in [-0.15, -0.1) is 13.2 Å². The summed E-state index contributed by atoms with van der Waals surface area (Å²) in [5, 5.41) is 5.54. The number of fused-ring (bicyclic) bond motifs is 2. The van der Waals surface area contributed by atoms with Gasteiger partial charge in [0, 0.05) is 69.4 Å². The predicted octanol–water partition coefficient (Wildman–Crippen LogP) is 7.37. The Balaban J connectivity index is 0.783. The zero-order valence-corrected chi connectivity index (χ0v) is 36.4. The minimum atomic E-state index is -4.75. The van der Waals surface area contributed by atoms with E-state index in [9.17, 15) is 41.9 Å². The van der Waals surface area contributed by atoms with Crippen LogP contribution in [0, 0.1) is 6.92 Å². The van der Waals surface area contributed by atoms with Crippen LogP contribution in [0.5, 0.6) is 0 Å². The van der Waals surface area contributed by atoms with Crippen molar-refractivity contribution in [1.82, 2.24) is 29.2 Å². The topological polar surface area (TPSA) is 165 Å². The summed E-state index contributed by atoms with van der Waals surface area (Å²) in [5.41, 5.74) is 4.71. The van der Waals surface area contributed by atoms with E-state index in [1.54, 1.807) is 44.4 Å². The van der Waals surface area contributed by atoms with Crippen LogP contribution in [0.15, 0.2) is 53.5 Å². The molecule has 1 unspecified atom stereocenters. The smallest absolute Gasteiger partial charge is 0.385 e. The van der Waals surface area contributed by atoms with Gasteiger partial charge in [0.25, 0.3) is 17.4 Å². The van der Waals surface area contributed by atoms with Gasteiger partial charge in [0.2, 0.25) is 17.7 Å². The monoisotopic (exact) mass is 887 g/mol. The number of imide groups is 2. The zero-order valence-electron chi connectivity index (χ0n) is 36.4. The first-order valence-corrected chi connectivity index (χ1v) is 22.4. The fourth-order valence-corrected chi connectivity index (χ4v) is 9.15. The van der Waals surface area contributed by atoms with Crippen molar-refractivity contribution in [3.63, 3.8) is 0 Å². The number of carbonyl (C=O) groups is 5. The van der Waals surface area contributed by atoms with E-state index in [2.05, 4.69) is 15.4 Å². The molecule has 0 saturated carbocycles. The fraction of sp³-hybridized carbons (Fsp3) is 0.511. The van der Waals surface area contributed by atoms with Gasteiger partial charge in [0.1, 0.15) is 11.9 Å². The molecule has 2 aromatic heterocycles. The molecule has 0 spiro atoms. The molecule has 7 rings (SSSR count). The van der Waals surface area contributed by atoms with Crippen LogP contribution in [0.2, 0.25) is 0 Å². The number of amides is 5. The molecular formula is C47H56F3N7O7. The Kier molecular flexibility index (Phi) is 14.7. The number of likely N-dealkylation sites (tertiary alicyclic amines) is 1. The number of pyridine rings is 1. The number of nitrogens with zero attached hydrogens (tertiary/aromatic N) is 5. The van der Waals surface area contributed by atoms with E-state index < -0.39 is 42.6 Å². The van der Waals surface area contributed by atoms with Crippen molar-refractivity contribution in [2.45, 2.75) is 122 Å². The van der Waals surface area contributed by atoms with Crippen molar-refractivity contribution in [2.24, 2.45) is 7.05 Å². The van der Waals surface area contributed by atoms with Crippen LogP contribution < -0.4 is 16.2 Å². The van der Waals surface area contributed by atoms with Crippen molar-refractivity contribution in [2.75, 3.05) is 31.6 Å². The molecule has 64 heavy (non-hydrogen) atoms. The van der Waals surface area contributed by atoms with Crippen LogP contribution >= 0.6 is 0 Å². The standard InChI is InChI=1S/C47H56F3N7O7/c1-30-26-33(29-54(2)44(30)61)32-13-16-37-39(27-32)56(24-25-64-47(48,49)50)42(52-37)31-19-22-55(23-20-31)41(59)12-10-8-6-4-3-5-7-9-11-21-51-34-14-15-35-36(28-34)46(63)57(45(35)62)38-17-18-40(58)53-43(38)60/h13-16,26-29,31,38,51H,3-12,17-25H2,1-2H3,(H,53,58,60). The molecule has 2 aromatic carbocycles. The Morgan fingerprint density at radius 1 is 0.844 bits per heavy atom. The van der Waals surface area contributed by atoms with Gasteiger partial charge in [-0.2, -0.15) is 0 Å². The highest BCUT2D eigenvalue weighted by atomic mass is 19.4. The molecule has 3 aliphatic rings. The molecule has 0 radical (unpaired) electrons. The van der Waals surface area contributed by atoms with Gasteiger partial charge in [0.05, 0.1) is 28.8 Å². The number of unbranched alkanes of at least 4 members (excludes halogenated alkanes) is 8. The van der Waals surface area contributed by atoms with Crippen molar-refractivity contribution in [3.05, 3.63) is 81.5 Å². The quantitative estimate of drug-likeness (QED) is 0.0723. The van der Waals surface area contributed by atoms with E-state index in [1.807, 2.05) is 27.7 Å². The number of nitrogens with one attached hydrogen (secondary N) is 2. The number of ether oxygens (including phenoxy) is 1. The highest BCUT2D eigenvalue weighted by Gasteiger charge is 2.44. The predicted molar refractivity (Wildman–Crippen MR) is 233 cm³/mol. The lowest BCUT2D eigenvalue weighted by Crippen LogP contribution is -2.54. The summed E-state index contributed by atoms with van der Waals surface area (Å²) in [6.07, 6.45) is 8.31. The van der Waals surface area contributed by atoms with E-state index in [-0.39, 0.29) is 47.9 Å². The molecule has 0 bridgehead atoms. The number of halogens is 3. The largest absolute Gasteiger partial charge is 0.522 e. The summed E-state index contributed by atoms with van der Waals surface area (Å²) in [5.74, 6) is -1.29. The summed E-state index contributed by atoms with van der Waals surface area (Å²) < 4.78 is 46.5. The number of piperidine rings is 2. The maximum absolute atomic E-state index is 13.1. The SMILES string of the molecule is Cc1cc(-c2ccc3nc(C4CCN(C(=O)CCCCCCCCCCCNc5ccc6c(c5)C(=O)N(C5CCC(=O)NC5=O)C6=O)CC4)n(CCOC(F)(F)F)c3c2)cn(C)c1=O. The zero-order chi connectivity index (χ0) is 45.5. The number of hydrogen-bond acceptors (Lipinski definition) is 9. The number of aromatic nitrogens is 3. The van der Waals surface area contributed by atoms with Crippen LogP contribution in [0.4, 0.5) is 18.9 Å². The Hall–Kier alpha value is -5.84. The number of aryl methyl sites for hydroxylation is 2. The Morgan fingerprint density at radius 2 is 1.53 bits per heavy atom. The van der Waals surface area contributed by atoms with Crippen molar-refractivity contribution >= 4 is 46.3 Å². The van der Waals surface area contributed by atoms with E-state index in [4.69, 9.17) is 4.98 Å². The lowest BCUT2D eigenvalue weighted by Gasteiger charge is -2.32. The number of alkyl halides is 3. The van der Waals surface area contributed by atoms with Gasteiger partial charge in [-0.3, -0.25) is 43.7 Å². The van der Waals surface area contributed by atoms with Crippen LogP contribution in [0.1, 0.15) is 128 Å². The molecule has 5 heterocycles. The van der Waals surface area contributed by atoms with Crippen molar-refractivity contribution in [1.29, 1.82) is 0 Å². The molecular weight excluding hydrogens is 832 g/mol. The van der Waals surface area contributed by atoms with Gasteiger partial charge >= 0.3 is 6.36 Å². The maximum Gasteiger partial charge on any atom is 0.522 e. The molecule has 17 heteroatoms. The third-order valence-electron chi connectivity index (χ3n) is 12.6. The van der Waals surface area contributed by atoms with Gasteiger partial charge < -0.3 is 19.4 Å². The lowest BCUT2D eigenvalue weighted by atomic mass is 9.95. The van der Waals surface area contributed by atoms with E-state index in [0.29, 0.717) is 61.3 Å². The van der Waals surface area contributed by atoms with Crippen LogP contribution in [-0.4, -0.2) is 92.1 Å². The molecule has 342 valence electrons. The second-order valence-electron chi connectivity index (χ2n) is 17.2. The molecule has 0 aliphatic carbocycles. The van der Waals surface area contributed by atoms with Crippen LogP contribution in [0.3, 0.4) is 0 Å². The summed E-state index contributed by atoms with van der Waals surface area (Å²) >= 11 is 0. The Morgan fingerprint density at radius 3 is 2.22 bits per heavy atom. The number of imidazole rings is 1. The van der Waals surface area contributed by atoms with E-state index >= 15 is 0 Å². The van der Waals surface area contributed by atoms with Crippen LogP contribution in [0.25, 0.3) is 22.2 Å². The van der Waals surface area contributed by atoms with Crippen molar-refractivity contribution in [3.8, 4) is 11.1 Å². The molecule has 2 saturated heterocycles. The average molecular weight is 888 g/mol. The highest BCUT2D eigenvalue weighted by molar-refractivity contribution is 6.23. The third kappa shape index (κ3) is 10.9. The fourth-order valence-electron chi connectivity index (χ4n) is 9.15. The van der Waals surface area contributed by atoms with Crippen molar-refractivity contribution < 1.29 is 41.9 Å². The molecule has 2 fully saturated rings. The first kappa shape index (κ1) is 46.2. The second-order valence-corrected chi connectivity index (χ2v) is 17.2. The molecule has 2 N–H and O–H groups in total. The third-order valence-corrected chi connectivity index (χ3v) is 12.6. The van der Waals surface area contributed by atoms with E-state index in [0.717, 1.165) is 79.5 Å². The Labute approximate surface area is 369 Å². The highest BCUT2D eigenvalue weighted by Crippen LogP contribution is 2.34. The van der Waals surface area contributed by atoms with E-state index in [1.165, 1.54) is 4.57 Å². The maximum atomic E-state index is 13.1. The summed E-state index contributed by atoms with van der Waals surface area (Å²) in [6.45, 7) is 2.98. The summed E-state index contributed by atoms with van der Waals surface area (Å²) in [6, 6.07) is 11.5. The number of hydrogen-bond donors (Lipinski definition) is 2. The molecule has 4 aromatic rings. The number of anilines is 1. The van der Waals surface area contributed by atoms with Gasteiger partial charge in [-0.25, -0.2) is 4.98 Å². The minimum absolute atomic E-state index is 0.0341. The molecule has 5 amide bonds. The average Bonchev–Trinajstić information content (AvgIpc) is 3.74. The van der Waals surface area contributed by atoms with Gasteiger partial charge in [-0.1, -0.05) is 51.0 Å². The molecule has 1 atom stereocenters. The minimum Gasteiger partial charge on any atom is -0.385 e. The number of benzene rings is 2. The Bertz CT molecular complexity index is 2430. The first-order chi connectivity index (χ1) is 30.7. The second kappa shape index (κ2) is 20.3. The number of rotatable bonds is 19. The normalized spacial score (nSPS) is 17.1. The molecule has 14 nitrogen and oxygen atoms in total. The van der Waals surface area contributed by atoms with Gasteiger partial charge in [0.15, 0.2) is 0 Å². The summed E-state index contributed by atoms with van der Waals surface area (Å²) in [7, 11) is 1.68. The van der Waals surface area contributed by atoms with Gasteiger partial charge in [-0.05, 0) is 86.6 Å².